The van der Waals surface area contributed by atoms with E-state index >= 15 is 0 Å². The lowest BCUT2D eigenvalue weighted by atomic mass is 9.86. The third kappa shape index (κ3) is 3.17. The minimum atomic E-state index is -3.52. The van der Waals surface area contributed by atoms with Gasteiger partial charge in [-0.15, -0.1) is 0 Å². The fraction of sp³-hybridized carbons (Fsp3) is 0.312. The summed E-state index contributed by atoms with van der Waals surface area (Å²) in [5, 5.41) is 3.38. The molecule has 1 atom stereocenters. The van der Waals surface area contributed by atoms with Gasteiger partial charge in [0.1, 0.15) is 5.82 Å². The number of rotatable bonds is 3. The predicted octanol–water partition coefficient (Wildman–Crippen LogP) is 3.13. The highest BCUT2D eigenvalue weighted by Gasteiger charge is 2.44. The zero-order valence-corrected chi connectivity index (χ0v) is 17.1. The predicted molar refractivity (Wildman–Crippen MR) is 98.2 cm³/mol. The molecule has 2 aliphatic heterocycles. The number of hydrogen-bond donors (Lipinski definition) is 1. The van der Waals surface area contributed by atoms with Crippen molar-refractivity contribution in [2.45, 2.75) is 12.3 Å². The van der Waals surface area contributed by atoms with E-state index < -0.39 is 27.5 Å². The number of carbonyl (C=O) groups excluding carboxylic acids is 1. The van der Waals surface area contributed by atoms with E-state index in [4.69, 9.17) is 4.74 Å². The van der Waals surface area contributed by atoms with Gasteiger partial charge in [0.15, 0.2) is 9.84 Å². The maximum atomic E-state index is 13.7. The Hall–Kier alpha value is -1.19. The molecule has 1 N–H and O–H groups in total. The van der Waals surface area contributed by atoms with Crippen LogP contribution in [0, 0.1) is 5.82 Å². The maximum Gasteiger partial charge on any atom is 0.336 e. The summed E-state index contributed by atoms with van der Waals surface area (Å²) < 4.78 is 44.0. The van der Waals surface area contributed by atoms with Gasteiger partial charge in [0.25, 0.3) is 0 Å². The van der Waals surface area contributed by atoms with Crippen LogP contribution in [0.4, 0.5) is 4.39 Å². The Bertz CT molecular complexity index is 924. The minimum Gasteiger partial charge on any atom is -0.466 e. The lowest BCUT2D eigenvalue weighted by Crippen LogP contribution is -2.31. The van der Waals surface area contributed by atoms with Crippen molar-refractivity contribution in [3.05, 3.63) is 55.9 Å². The second kappa shape index (κ2) is 6.85. The fourth-order valence-electron chi connectivity index (χ4n) is 3.16. The molecular weight excluding hydrogens is 481 g/mol. The standard InChI is InChI=1S/C16H14Br2FNO4S/c1-24-16(21)14-12(7-17)20-11-4-5-25(22,23)15(11)13(14)8-2-3-10(19)9(18)6-8/h2-3,6,13,20H,4-5,7H2,1H3. The first-order valence-electron chi connectivity index (χ1n) is 7.35. The van der Waals surface area contributed by atoms with E-state index in [-0.39, 0.29) is 20.7 Å². The third-order valence-electron chi connectivity index (χ3n) is 4.25. The second-order valence-corrected chi connectivity index (χ2v) is 9.15. The number of alkyl halides is 1. The molecule has 1 unspecified atom stereocenters. The monoisotopic (exact) mass is 493 g/mol. The average Bonchev–Trinajstić information content (AvgIpc) is 2.90. The number of ether oxygens (including phenoxy) is 1. The molecule has 0 fully saturated rings. The summed E-state index contributed by atoms with van der Waals surface area (Å²) >= 11 is 6.45. The van der Waals surface area contributed by atoms with Gasteiger partial charge in [-0.3, -0.25) is 0 Å². The van der Waals surface area contributed by atoms with E-state index in [1.54, 1.807) is 0 Å². The molecule has 0 spiro atoms. The molecule has 3 rings (SSSR count). The molecule has 2 aliphatic rings. The van der Waals surface area contributed by atoms with Gasteiger partial charge in [0, 0.05) is 23.1 Å². The van der Waals surface area contributed by atoms with Crippen LogP contribution in [0.3, 0.4) is 0 Å². The van der Waals surface area contributed by atoms with Crippen molar-refractivity contribution in [3.63, 3.8) is 0 Å². The number of hydrogen-bond acceptors (Lipinski definition) is 5. The summed E-state index contributed by atoms with van der Waals surface area (Å²) in [7, 11) is -2.28. The molecule has 5 nitrogen and oxygen atoms in total. The Morgan fingerprint density at radius 2 is 2.16 bits per heavy atom. The summed E-state index contributed by atoms with van der Waals surface area (Å²) in [4.78, 5) is 12.6. The van der Waals surface area contributed by atoms with Gasteiger partial charge in [-0.05, 0) is 33.6 Å². The number of methoxy groups -OCH3 is 1. The van der Waals surface area contributed by atoms with Crippen LogP contribution < -0.4 is 5.32 Å². The van der Waals surface area contributed by atoms with Crippen molar-refractivity contribution in [3.8, 4) is 0 Å². The third-order valence-corrected chi connectivity index (χ3v) is 7.31. The molecule has 0 saturated carbocycles. The summed E-state index contributed by atoms with van der Waals surface area (Å²) in [5.74, 6) is -1.94. The summed E-state index contributed by atoms with van der Waals surface area (Å²) in [5.41, 5.74) is 1.84. The van der Waals surface area contributed by atoms with Crippen molar-refractivity contribution < 1.29 is 22.3 Å². The molecule has 25 heavy (non-hydrogen) atoms. The highest BCUT2D eigenvalue weighted by molar-refractivity contribution is 9.10. The van der Waals surface area contributed by atoms with Crippen LogP contribution in [0.5, 0.6) is 0 Å². The van der Waals surface area contributed by atoms with Crippen LogP contribution in [0.2, 0.25) is 0 Å². The van der Waals surface area contributed by atoms with E-state index in [2.05, 4.69) is 37.2 Å². The smallest absolute Gasteiger partial charge is 0.336 e. The van der Waals surface area contributed by atoms with Gasteiger partial charge in [-0.25, -0.2) is 17.6 Å². The van der Waals surface area contributed by atoms with Crippen molar-refractivity contribution in [1.82, 2.24) is 5.32 Å². The Morgan fingerprint density at radius 3 is 2.76 bits per heavy atom. The zero-order chi connectivity index (χ0) is 18.4. The average molecular weight is 495 g/mol. The Morgan fingerprint density at radius 1 is 1.44 bits per heavy atom. The molecule has 0 amide bonds. The van der Waals surface area contributed by atoms with Crippen LogP contribution in [0.15, 0.2) is 44.5 Å². The molecule has 0 radical (unpaired) electrons. The van der Waals surface area contributed by atoms with Crippen LogP contribution in [-0.2, 0) is 19.4 Å². The van der Waals surface area contributed by atoms with Crippen LogP contribution in [-0.4, -0.2) is 32.6 Å². The molecule has 0 aromatic heterocycles. The van der Waals surface area contributed by atoms with Crippen molar-refractivity contribution >= 4 is 47.7 Å². The van der Waals surface area contributed by atoms with E-state index in [1.807, 2.05) is 0 Å². The molecule has 134 valence electrons. The first-order chi connectivity index (χ1) is 11.8. The van der Waals surface area contributed by atoms with E-state index in [1.165, 1.54) is 25.3 Å². The van der Waals surface area contributed by atoms with Gasteiger partial charge >= 0.3 is 5.97 Å². The molecule has 0 bridgehead atoms. The topological polar surface area (TPSA) is 72.5 Å². The number of dihydropyridines is 1. The van der Waals surface area contributed by atoms with E-state index in [0.29, 0.717) is 28.7 Å². The molecule has 2 heterocycles. The minimum absolute atomic E-state index is 0.0203. The number of allylic oxidation sites excluding steroid dienone is 3. The van der Waals surface area contributed by atoms with Crippen molar-refractivity contribution in [2.24, 2.45) is 0 Å². The number of esters is 1. The first-order valence-corrected chi connectivity index (χ1v) is 10.9. The summed E-state index contributed by atoms with van der Waals surface area (Å²) in [6.45, 7) is 0. The van der Waals surface area contributed by atoms with Gasteiger partial charge in [0.05, 0.1) is 33.7 Å². The SMILES string of the molecule is COC(=O)C1=C(CBr)NC2=C(C1c1ccc(F)c(Br)c1)S(=O)(=O)CC2. The number of nitrogens with one attached hydrogen (secondary N) is 1. The molecule has 1 aromatic rings. The quantitative estimate of drug-likeness (QED) is 0.516. The second-order valence-electron chi connectivity index (χ2n) is 5.66. The van der Waals surface area contributed by atoms with Crippen LogP contribution in [0.25, 0.3) is 0 Å². The Balaban J connectivity index is 2.28. The zero-order valence-electron chi connectivity index (χ0n) is 13.1. The van der Waals surface area contributed by atoms with E-state index in [0.717, 1.165) is 0 Å². The molecular formula is C16H14Br2FNO4S. The molecule has 1 aromatic carbocycles. The van der Waals surface area contributed by atoms with Gasteiger partial charge < -0.3 is 10.1 Å². The molecule has 0 saturated heterocycles. The number of halogens is 3. The van der Waals surface area contributed by atoms with Crippen molar-refractivity contribution in [2.75, 3.05) is 18.2 Å². The number of carbonyl (C=O) groups is 1. The lowest BCUT2D eigenvalue weighted by molar-refractivity contribution is -0.136. The van der Waals surface area contributed by atoms with Crippen molar-refractivity contribution in [1.29, 1.82) is 0 Å². The molecule has 9 heteroatoms. The number of sulfone groups is 1. The van der Waals surface area contributed by atoms with Gasteiger partial charge in [-0.2, -0.15) is 0 Å². The molecule has 0 aliphatic carbocycles. The highest BCUT2D eigenvalue weighted by Crippen LogP contribution is 2.45. The fourth-order valence-corrected chi connectivity index (χ4v) is 5.83. The highest BCUT2D eigenvalue weighted by atomic mass is 79.9. The lowest BCUT2D eigenvalue weighted by Gasteiger charge is -2.29. The number of benzene rings is 1. The van der Waals surface area contributed by atoms with Crippen LogP contribution in [0.1, 0.15) is 17.9 Å². The largest absolute Gasteiger partial charge is 0.466 e. The van der Waals surface area contributed by atoms with Crippen LogP contribution >= 0.6 is 31.9 Å². The van der Waals surface area contributed by atoms with Gasteiger partial charge in [0.2, 0.25) is 0 Å². The Labute approximate surface area is 161 Å². The van der Waals surface area contributed by atoms with Gasteiger partial charge in [-0.1, -0.05) is 22.0 Å². The normalized spacial score (nSPS) is 21.8. The Kier molecular flexibility index (Phi) is 5.09. The summed E-state index contributed by atoms with van der Waals surface area (Å²) in [6.07, 6.45) is 0.349. The van der Waals surface area contributed by atoms with E-state index in [9.17, 15) is 17.6 Å². The first kappa shape index (κ1) is 18.6. The summed E-state index contributed by atoms with van der Waals surface area (Å²) in [6, 6.07) is 4.23. The maximum absolute atomic E-state index is 13.7.